The first-order valence-corrected chi connectivity index (χ1v) is 8.14. The number of carbonyl (C=O) groups is 1. The van der Waals surface area contributed by atoms with Gasteiger partial charge in [0.1, 0.15) is 5.75 Å². The van der Waals surface area contributed by atoms with Crippen LogP contribution in [0.1, 0.15) is 43.7 Å². The van der Waals surface area contributed by atoms with Gasteiger partial charge in [0.05, 0.1) is 18.2 Å². The van der Waals surface area contributed by atoms with Gasteiger partial charge in [0.2, 0.25) is 0 Å². The summed E-state index contributed by atoms with van der Waals surface area (Å²) >= 11 is 0. The predicted octanol–water partition coefficient (Wildman–Crippen LogP) is 2.88. The lowest BCUT2D eigenvalue weighted by atomic mass is 9.85. The Kier molecular flexibility index (Phi) is 5.19. The first kappa shape index (κ1) is 17.6. The fourth-order valence-corrected chi connectivity index (χ4v) is 3.37. The smallest absolute Gasteiger partial charge is 0.310 e. The molecule has 1 aromatic carbocycles. The summed E-state index contributed by atoms with van der Waals surface area (Å²) in [6.45, 7) is 8.11. The van der Waals surface area contributed by atoms with Crippen LogP contribution in [0.25, 0.3) is 0 Å². The van der Waals surface area contributed by atoms with Crippen LogP contribution in [0.4, 0.5) is 5.69 Å². The van der Waals surface area contributed by atoms with Gasteiger partial charge in [-0.05, 0) is 75.9 Å². The zero-order valence-electron chi connectivity index (χ0n) is 14.6. The Bertz CT molecular complexity index is 576. The standard InChI is InChI=1S/C18H28N2O3/c1-12-9-15(19)16(23-4)10-14(12)13-5-7-20(8-6-13)11-18(2,3)17(21)22/h9-10,13H,5-8,11,19H2,1-4H3,(H,21,22). The van der Waals surface area contributed by atoms with Crippen LogP contribution in [-0.4, -0.2) is 42.7 Å². The third kappa shape index (κ3) is 3.96. The minimum absolute atomic E-state index is 0.480. The van der Waals surface area contributed by atoms with Crippen LogP contribution in [0.5, 0.6) is 5.75 Å². The second-order valence-electron chi connectivity index (χ2n) is 7.19. The lowest BCUT2D eigenvalue weighted by molar-refractivity contribution is -0.148. The van der Waals surface area contributed by atoms with E-state index >= 15 is 0 Å². The molecule has 128 valence electrons. The highest BCUT2D eigenvalue weighted by atomic mass is 16.5. The number of aryl methyl sites for hydroxylation is 1. The van der Waals surface area contributed by atoms with Crippen LogP contribution in [0, 0.1) is 12.3 Å². The van der Waals surface area contributed by atoms with Crippen LogP contribution in [0.2, 0.25) is 0 Å². The van der Waals surface area contributed by atoms with Crippen molar-refractivity contribution in [1.82, 2.24) is 4.90 Å². The van der Waals surface area contributed by atoms with E-state index in [2.05, 4.69) is 17.9 Å². The summed E-state index contributed by atoms with van der Waals surface area (Å²) < 4.78 is 5.34. The van der Waals surface area contributed by atoms with Crippen LogP contribution in [0.3, 0.4) is 0 Å². The molecule has 5 nitrogen and oxygen atoms in total. The van der Waals surface area contributed by atoms with E-state index in [1.165, 1.54) is 11.1 Å². The van der Waals surface area contributed by atoms with E-state index in [0.29, 0.717) is 18.2 Å². The minimum Gasteiger partial charge on any atom is -0.495 e. The number of benzene rings is 1. The van der Waals surface area contributed by atoms with Crippen LogP contribution in [0.15, 0.2) is 12.1 Å². The second-order valence-corrected chi connectivity index (χ2v) is 7.19. The van der Waals surface area contributed by atoms with Gasteiger partial charge in [0.15, 0.2) is 0 Å². The molecule has 0 saturated carbocycles. The number of anilines is 1. The van der Waals surface area contributed by atoms with Crippen molar-refractivity contribution in [2.75, 3.05) is 32.5 Å². The Labute approximate surface area is 138 Å². The van der Waals surface area contributed by atoms with Gasteiger partial charge in [-0.3, -0.25) is 4.79 Å². The van der Waals surface area contributed by atoms with Crippen molar-refractivity contribution in [3.63, 3.8) is 0 Å². The van der Waals surface area contributed by atoms with E-state index in [1.54, 1.807) is 21.0 Å². The Morgan fingerprint density at radius 1 is 1.39 bits per heavy atom. The van der Waals surface area contributed by atoms with Gasteiger partial charge in [-0.2, -0.15) is 0 Å². The second kappa shape index (κ2) is 6.79. The number of piperidine rings is 1. The van der Waals surface area contributed by atoms with Crippen molar-refractivity contribution >= 4 is 11.7 Å². The van der Waals surface area contributed by atoms with Crippen molar-refractivity contribution in [2.45, 2.75) is 39.5 Å². The van der Waals surface area contributed by atoms with Gasteiger partial charge in [0.25, 0.3) is 0 Å². The van der Waals surface area contributed by atoms with Crippen molar-refractivity contribution in [3.05, 3.63) is 23.3 Å². The summed E-state index contributed by atoms with van der Waals surface area (Å²) in [5.41, 5.74) is 8.44. The minimum atomic E-state index is -0.737. The lowest BCUT2D eigenvalue weighted by Crippen LogP contribution is -2.42. The van der Waals surface area contributed by atoms with E-state index in [-0.39, 0.29) is 0 Å². The van der Waals surface area contributed by atoms with Gasteiger partial charge in [-0.15, -0.1) is 0 Å². The average molecular weight is 320 g/mol. The van der Waals surface area contributed by atoms with E-state index in [1.807, 2.05) is 6.07 Å². The Morgan fingerprint density at radius 2 is 2.00 bits per heavy atom. The zero-order valence-corrected chi connectivity index (χ0v) is 14.6. The third-order valence-corrected chi connectivity index (χ3v) is 4.84. The molecule has 0 bridgehead atoms. The quantitative estimate of drug-likeness (QED) is 0.816. The van der Waals surface area contributed by atoms with Gasteiger partial charge in [-0.25, -0.2) is 0 Å². The molecule has 2 rings (SSSR count). The number of aliphatic carboxylic acids is 1. The molecule has 1 heterocycles. The maximum absolute atomic E-state index is 11.3. The van der Waals surface area contributed by atoms with E-state index in [9.17, 15) is 9.90 Å². The van der Waals surface area contributed by atoms with E-state index in [4.69, 9.17) is 10.5 Å². The molecule has 5 heteroatoms. The number of rotatable bonds is 5. The molecule has 0 aliphatic carbocycles. The number of nitrogen functional groups attached to an aromatic ring is 1. The molecule has 3 N–H and O–H groups in total. The van der Waals surface area contributed by atoms with Gasteiger partial charge >= 0.3 is 5.97 Å². The molecular formula is C18H28N2O3. The van der Waals surface area contributed by atoms with Gasteiger partial charge in [0, 0.05) is 6.54 Å². The molecule has 0 unspecified atom stereocenters. The molecule has 1 aliphatic heterocycles. The molecule has 0 atom stereocenters. The van der Waals surface area contributed by atoms with Crippen LogP contribution < -0.4 is 10.5 Å². The maximum Gasteiger partial charge on any atom is 0.310 e. The summed E-state index contributed by atoms with van der Waals surface area (Å²) in [6.07, 6.45) is 2.06. The number of hydrogen-bond donors (Lipinski definition) is 2. The molecule has 0 amide bonds. The van der Waals surface area contributed by atoms with Crippen LogP contribution in [-0.2, 0) is 4.79 Å². The SMILES string of the molecule is COc1cc(C2CCN(CC(C)(C)C(=O)O)CC2)c(C)cc1N. The molecule has 1 aliphatic rings. The summed E-state index contributed by atoms with van der Waals surface area (Å²) in [5.74, 6) is 0.479. The Morgan fingerprint density at radius 3 is 2.52 bits per heavy atom. The fourth-order valence-electron chi connectivity index (χ4n) is 3.37. The molecule has 1 fully saturated rings. The largest absolute Gasteiger partial charge is 0.495 e. The molecule has 1 saturated heterocycles. The fraction of sp³-hybridized carbons (Fsp3) is 0.611. The van der Waals surface area contributed by atoms with Crippen molar-refractivity contribution < 1.29 is 14.6 Å². The number of likely N-dealkylation sites (tertiary alicyclic amines) is 1. The van der Waals surface area contributed by atoms with Crippen molar-refractivity contribution in [1.29, 1.82) is 0 Å². The Balaban J connectivity index is 2.04. The molecule has 23 heavy (non-hydrogen) atoms. The summed E-state index contributed by atoms with van der Waals surface area (Å²) in [5, 5.41) is 9.27. The van der Waals surface area contributed by atoms with E-state index < -0.39 is 11.4 Å². The third-order valence-electron chi connectivity index (χ3n) is 4.84. The molecule has 0 spiro atoms. The Hall–Kier alpha value is -1.75. The molecule has 0 radical (unpaired) electrons. The summed E-state index contributed by atoms with van der Waals surface area (Å²) in [7, 11) is 1.64. The number of nitrogens with two attached hydrogens (primary N) is 1. The van der Waals surface area contributed by atoms with Gasteiger partial charge in [-0.1, -0.05) is 0 Å². The predicted molar refractivity (Wildman–Crippen MR) is 92.0 cm³/mol. The maximum atomic E-state index is 11.3. The van der Waals surface area contributed by atoms with Crippen LogP contribution >= 0.6 is 0 Å². The highest BCUT2D eigenvalue weighted by Crippen LogP contribution is 2.35. The highest BCUT2D eigenvalue weighted by Gasteiger charge is 2.32. The van der Waals surface area contributed by atoms with Crippen molar-refractivity contribution in [2.24, 2.45) is 5.41 Å². The number of ether oxygens (including phenoxy) is 1. The highest BCUT2D eigenvalue weighted by molar-refractivity contribution is 5.73. The molecule has 0 aromatic heterocycles. The summed E-state index contributed by atoms with van der Waals surface area (Å²) in [6, 6.07) is 4.04. The topological polar surface area (TPSA) is 75.8 Å². The first-order chi connectivity index (χ1) is 10.7. The van der Waals surface area contributed by atoms with Crippen molar-refractivity contribution in [3.8, 4) is 5.75 Å². The van der Waals surface area contributed by atoms with Gasteiger partial charge < -0.3 is 20.5 Å². The molecular weight excluding hydrogens is 292 g/mol. The number of nitrogens with zero attached hydrogens (tertiary/aromatic N) is 1. The van der Waals surface area contributed by atoms with E-state index in [0.717, 1.165) is 31.7 Å². The average Bonchev–Trinajstić information content (AvgIpc) is 2.48. The monoisotopic (exact) mass is 320 g/mol. The first-order valence-electron chi connectivity index (χ1n) is 8.14. The number of carboxylic acids is 1. The summed E-state index contributed by atoms with van der Waals surface area (Å²) in [4.78, 5) is 13.5. The number of methoxy groups -OCH3 is 1. The number of hydrogen-bond acceptors (Lipinski definition) is 4. The lowest BCUT2D eigenvalue weighted by Gasteiger charge is -2.36. The molecule has 1 aromatic rings. The normalized spacial score (nSPS) is 17.2. The zero-order chi connectivity index (χ0) is 17.2. The number of carboxylic acid groups (broad SMARTS) is 1.